The van der Waals surface area contributed by atoms with E-state index in [1.54, 1.807) is 0 Å². The summed E-state index contributed by atoms with van der Waals surface area (Å²) in [6, 6.07) is 4.12. The number of benzene rings is 1. The second-order valence-corrected chi connectivity index (χ2v) is 5.20. The molecule has 0 radical (unpaired) electrons. The monoisotopic (exact) mass is 260 g/mol. The third-order valence-corrected chi connectivity index (χ3v) is 3.87. The molecule has 19 heavy (non-hydrogen) atoms. The van der Waals surface area contributed by atoms with E-state index in [2.05, 4.69) is 24.3 Å². The summed E-state index contributed by atoms with van der Waals surface area (Å²) in [5.41, 5.74) is 3.40. The number of aliphatic hydroxyl groups is 1. The van der Waals surface area contributed by atoms with Gasteiger partial charge in [-0.25, -0.2) is 4.68 Å². The summed E-state index contributed by atoms with van der Waals surface area (Å²) >= 11 is 0. The fourth-order valence-electron chi connectivity index (χ4n) is 2.80. The van der Waals surface area contributed by atoms with Gasteiger partial charge in [0.1, 0.15) is 6.23 Å². The largest absolute Gasteiger partial charge is 0.396 e. The molecule has 1 aromatic heterocycles. The van der Waals surface area contributed by atoms with E-state index in [1.807, 2.05) is 10.7 Å². The van der Waals surface area contributed by atoms with E-state index in [0.29, 0.717) is 6.42 Å². The Morgan fingerprint density at radius 3 is 3.05 bits per heavy atom. The first-order valence-electron chi connectivity index (χ1n) is 6.99. The minimum Gasteiger partial charge on any atom is -0.396 e. The zero-order valence-electron chi connectivity index (χ0n) is 11.3. The quantitative estimate of drug-likeness (QED) is 0.922. The molecular formula is C15H20N2O2. The van der Waals surface area contributed by atoms with E-state index < -0.39 is 0 Å². The molecule has 2 aromatic rings. The van der Waals surface area contributed by atoms with Crippen molar-refractivity contribution in [1.82, 2.24) is 9.78 Å². The fourth-order valence-corrected chi connectivity index (χ4v) is 2.80. The molecule has 3 rings (SSSR count). The molecule has 1 unspecified atom stereocenters. The van der Waals surface area contributed by atoms with Crippen LogP contribution in [-0.2, 0) is 11.2 Å². The lowest BCUT2D eigenvalue weighted by atomic mass is 10.0. The predicted molar refractivity (Wildman–Crippen MR) is 74.1 cm³/mol. The molecule has 1 aliphatic heterocycles. The van der Waals surface area contributed by atoms with Gasteiger partial charge in [-0.1, -0.05) is 6.07 Å². The van der Waals surface area contributed by atoms with Crippen LogP contribution < -0.4 is 0 Å². The van der Waals surface area contributed by atoms with Crippen molar-refractivity contribution in [3.8, 4) is 0 Å². The van der Waals surface area contributed by atoms with Gasteiger partial charge in [-0.15, -0.1) is 0 Å². The van der Waals surface area contributed by atoms with Crippen LogP contribution in [0.2, 0.25) is 0 Å². The van der Waals surface area contributed by atoms with Crippen molar-refractivity contribution in [1.29, 1.82) is 0 Å². The van der Waals surface area contributed by atoms with Gasteiger partial charge in [-0.05, 0) is 49.8 Å². The Morgan fingerprint density at radius 1 is 1.42 bits per heavy atom. The van der Waals surface area contributed by atoms with E-state index in [4.69, 9.17) is 4.74 Å². The van der Waals surface area contributed by atoms with E-state index in [0.717, 1.165) is 30.4 Å². The van der Waals surface area contributed by atoms with Gasteiger partial charge in [0, 0.05) is 24.8 Å². The van der Waals surface area contributed by atoms with Crippen molar-refractivity contribution in [3.05, 3.63) is 29.5 Å². The summed E-state index contributed by atoms with van der Waals surface area (Å²) in [7, 11) is 0. The van der Waals surface area contributed by atoms with Gasteiger partial charge in [0.15, 0.2) is 0 Å². The summed E-state index contributed by atoms with van der Waals surface area (Å²) in [4.78, 5) is 0. The maximum absolute atomic E-state index is 9.21. The van der Waals surface area contributed by atoms with Crippen molar-refractivity contribution < 1.29 is 9.84 Å². The lowest BCUT2D eigenvalue weighted by molar-refractivity contribution is -0.0390. The van der Waals surface area contributed by atoms with Gasteiger partial charge in [0.2, 0.25) is 0 Å². The SMILES string of the molecule is Cc1ccc2nn(C3CCCCO3)cc2c1CCO. The highest BCUT2D eigenvalue weighted by atomic mass is 16.5. The van der Waals surface area contributed by atoms with Crippen LogP contribution in [0.1, 0.15) is 36.6 Å². The second kappa shape index (κ2) is 5.31. The molecule has 0 aliphatic carbocycles. The molecule has 4 heteroatoms. The number of rotatable bonds is 3. The summed E-state index contributed by atoms with van der Waals surface area (Å²) in [6.45, 7) is 3.08. The molecule has 4 nitrogen and oxygen atoms in total. The van der Waals surface area contributed by atoms with Gasteiger partial charge in [0.05, 0.1) is 5.52 Å². The second-order valence-electron chi connectivity index (χ2n) is 5.20. The average Bonchev–Trinajstić information content (AvgIpc) is 2.87. The highest BCUT2D eigenvalue weighted by molar-refractivity contribution is 5.83. The van der Waals surface area contributed by atoms with Crippen LogP contribution in [0.15, 0.2) is 18.3 Å². The van der Waals surface area contributed by atoms with Gasteiger partial charge < -0.3 is 9.84 Å². The van der Waals surface area contributed by atoms with Gasteiger partial charge in [-0.2, -0.15) is 5.10 Å². The Bertz CT molecular complexity index is 571. The van der Waals surface area contributed by atoms with Gasteiger partial charge >= 0.3 is 0 Å². The van der Waals surface area contributed by atoms with Crippen molar-refractivity contribution in [3.63, 3.8) is 0 Å². The molecule has 0 bridgehead atoms. The summed E-state index contributed by atoms with van der Waals surface area (Å²) < 4.78 is 7.72. The number of aliphatic hydroxyl groups excluding tert-OH is 1. The number of ether oxygens (including phenoxy) is 1. The van der Waals surface area contributed by atoms with Crippen LogP contribution in [0, 0.1) is 6.92 Å². The maximum atomic E-state index is 9.21. The molecule has 1 aromatic carbocycles. The normalized spacial score (nSPS) is 20.0. The summed E-state index contributed by atoms with van der Waals surface area (Å²) in [6.07, 6.45) is 6.20. The van der Waals surface area contributed by atoms with Crippen molar-refractivity contribution in [2.75, 3.05) is 13.2 Å². The molecule has 0 saturated carbocycles. The number of aromatic nitrogens is 2. The van der Waals surface area contributed by atoms with Crippen LogP contribution in [0.25, 0.3) is 10.9 Å². The van der Waals surface area contributed by atoms with Crippen LogP contribution in [0.5, 0.6) is 0 Å². The van der Waals surface area contributed by atoms with E-state index in [1.165, 1.54) is 17.5 Å². The first-order chi connectivity index (χ1) is 9.29. The number of fused-ring (bicyclic) bond motifs is 1. The first-order valence-corrected chi connectivity index (χ1v) is 6.99. The third-order valence-electron chi connectivity index (χ3n) is 3.87. The minimum absolute atomic E-state index is 0.0726. The van der Waals surface area contributed by atoms with E-state index in [-0.39, 0.29) is 12.8 Å². The molecular weight excluding hydrogens is 240 g/mol. The zero-order chi connectivity index (χ0) is 13.2. The molecule has 0 amide bonds. The Morgan fingerprint density at radius 2 is 2.32 bits per heavy atom. The fraction of sp³-hybridized carbons (Fsp3) is 0.533. The molecule has 1 N–H and O–H groups in total. The highest BCUT2D eigenvalue weighted by Gasteiger charge is 2.18. The van der Waals surface area contributed by atoms with Crippen molar-refractivity contribution in [2.45, 2.75) is 38.8 Å². The average molecular weight is 260 g/mol. The number of hydrogen-bond donors (Lipinski definition) is 1. The standard InChI is InChI=1S/C15H20N2O2/c1-11-5-6-14-13(12(11)7-8-18)10-17(16-14)15-4-2-3-9-19-15/h5-6,10,15,18H,2-4,7-9H2,1H3. The molecule has 1 aliphatic rings. The van der Waals surface area contributed by atoms with Crippen LogP contribution >= 0.6 is 0 Å². The molecule has 0 spiro atoms. The topological polar surface area (TPSA) is 47.3 Å². The zero-order valence-corrected chi connectivity index (χ0v) is 11.3. The Balaban J connectivity index is 2.01. The van der Waals surface area contributed by atoms with Crippen LogP contribution in [0.4, 0.5) is 0 Å². The number of hydrogen-bond acceptors (Lipinski definition) is 3. The molecule has 102 valence electrons. The number of nitrogens with zero attached hydrogens (tertiary/aromatic N) is 2. The first kappa shape index (κ1) is 12.6. The lowest BCUT2D eigenvalue weighted by Gasteiger charge is -2.22. The Kier molecular flexibility index (Phi) is 3.53. The van der Waals surface area contributed by atoms with Crippen LogP contribution in [0.3, 0.4) is 0 Å². The van der Waals surface area contributed by atoms with Gasteiger partial charge in [-0.3, -0.25) is 0 Å². The molecule has 1 fully saturated rings. The van der Waals surface area contributed by atoms with Crippen molar-refractivity contribution in [2.24, 2.45) is 0 Å². The molecule has 1 saturated heterocycles. The summed E-state index contributed by atoms with van der Waals surface area (Å²) in [5.74, 6) is 0. The Hall–Kier alpha value is -1.39. The molecule has 1 atom stereocenters. The lowest BCUT2D eigenvalue weighted by Crippen LogP contribution is -2.18. The third kappa shape index (κ3) is 2.38. The minimum atomic E-state index is 0.0726. The maximum Gasteiger partial charge on any atom is 0.150 e. The predicted octanol–water partition coefficient (Wildman–Crippen LogP) is 2.58. The molecule has 2 heterocycles. The highest BCUT2D eigenvalue weighted by Crippen LogP contribution is 2.27. The van der Waals surface area contributed by atoms with Crippen molar-refractivity contribution >= 4 is 10.9 Å². The van der Waals surface area contributed by atoms with Gasteiger partial charge in [0.25, 0.3) is 0 Å². The summed E-state index contributed by atoms with van der Waals surface area (Å²) in [5, 5.41) is 15.0. The van der Waals surface area contributed by atoms with Crippen LogP contribution in [-0.4, -0.2) is 28.1 Å². The Labute approximate surface area is 113 Å². The van der Waals surface area contributed by atoms with E-state index >= 15 is 0 Å². The van der Waals surface area contributed by atoms with E-state index in [9.17, 15) is 5.11 Å². The smallest absolute Gasteiger partial charge is 0.150 e. The number of aryl methyl sites for hydroxylation is 1.